The molecule has 6 nitrogen and oxygen atoms in total. The third kappa shape index (κ3) is 3.58. The number of fused-ring (bicyclic) bond motifs is 1. The lowest BCUT2D eigenvalue weighted by Gasteiger charge is -2.39. The highest BCUT2D eigenvalue weighted by Crippen LogP contribution is 2.41. The molecule has 1 N–H and O–H groups in total. The van der Waals surface area contributed by atoms with Crippen molar-refractivity contribution < 1.29 is 28.3 Å². The number of likely N-dealkylation sites (tertiary alicyclic amines) is 1. The highest BCUT2D eigenvalue weighted by molar-refractivity contribution is 6.22. The Hall–Kier alpha value is -3.13. The van der Waals surface area contributed by atoms with Crippen LogP contribution in [0.4, 0.5) is 8.78 Å². The molecule has 0 spiro atoms. The number of imide groups is 1. The number of hydrogen-bond acceptors (Lipinski definition) is 4. The molecule has 0 aromatic heterocycles. The largest absolute Gasteiger partial charge is 0.388 e. The molecule has 8 heteroatoms. The molecule has 1 unspecified atom stereocenters. The Balaban J connectivity index is 1.71. The zero-order valence-corrected chi connectivity index (χ0v) is 18.0. The summed E-state index contributed by atoms with van der Waals surface area (Å²) >= 11 is 0. The van der Waals surface area contributed by atoms with E-state index in [1.54, 1.807) is 26.0 Å². The van der Waals surface area contributed by atoms with Crippen LogP contribution in [-0.2, 0) is 4.79 Å². The van der Waals surface area contributed by atoms with Gasteiger partial charge in [0, 0.05) is 6.07 Å². The Morgan fingerprint density at radius 1 is 1.03 bits per heavy atom. The zero-order chi connectivity index (χ0) is 23.4. The maximum Gasteiger partial charge on any atom is 0.262 e. The third-order valence-corrected chi connectivity index (χ3v) is 6.29. The summed E-state index contributed by atoms with van der Waals surface area (Å²) in [6.45, 7) is 4.56. The Kier molecular flexibility index (Phi) is 5.36. The number of benzene rings is 2. The average Bonchev–Trinajstić information content (AvgIpc) is 3.27. The zero-order valence-electron chi connectivity index (χ0n) is 18.0. The van der Waals surface area contributed by atoms with E-state index < -0.39 is 53.1 Å². The van der Waals surface area contributed by atoms with Gasteiger partial charge < -0.3 is 10.0 Å². The molecule has 0 bridgehead atoms. The van der Waals surface area contributed by atoms with Gasteiger partial charge in [0.25, 0.3) is 11.8 Å². The molecule has 3 atom stereocenters. The maximum absolute atomic E-state index is 13.9. The first-order valence-corrected chi connectivity index (χ1v) is 10.5. The van der Waals surface area contributed by atoms with E-state index in [1.165, 1.54) is 24.0 Å². The van der Waals surface area contributed by atoms with E-state index in [-0.39, 0.29) is 16.7 Å². The summed E-state index contributed by atoms with van der Waals surface area (Å²) in [5.41, 5.74) is -0.599. The molecule has 2 aromatic rings. The number of halogens is 2. The van der Waals surface area contributed by atoms with Crippen LogP contribution in [-0.4, -0.2) is 50.3 Å². The van der Waals surface area contributed by atoms with Crippen LogP contribution < -0.4 is 0 Å². The minimum Gasteiger partial charge on any atom is -0.388 e. The van der Waals surface area contributed by atoms with Crippen molar-refractivity contribution in [1.29, 1.82) is 0 Å². The fraction of sp³-hybridized carbons (Fsp3) is 0.375. The molecule has 2 aromatic carbocycles. The van der Waals surface area contributed by atoms with E-state index in [0.29, 0.717) is 12.8 Å². The van der Waals surface area contributed by atoms with Gasteiger partial charge in [-0.2, -0.15) is 0 Å². The van der Waals surface area contributed by atoms with Crippen molar-refractivity contribution in [2.45, 2.75) is 57.3 Å². The van der Waals surface area contributed by atoms with Gasteiger partial charge in [0.05, 0.1) is 28.8 Å². The summed E-state index contributed by atoms with van der Waals surface area (Å²) in [7, 11) is 0. The monoisotopic (exact) mass is 442 g/mol. The summed E-state index contributed by atoms with van der Waals surface area (Å²) in [4.78, 5) is 41.7. The van der Waals surface area contributed by atoms with Crippen LogP contribution in [0, 0.1) is 11.6 Å². The number of carbonyl (C=O) groups is 3. The predicted molar refractivity (Wildman–Crippen MR) is 112 cm³/mol. The van der Waals surface area contributed by atoms with E-state index >= 15 is 0 Å². The molecule has 168 valence electrons. The van der Waals surface area contributed by atoms with Crippen molar-refractivity contribution in [3.8, 4) is 0 Å². The third-order valence-electron chi connectivity index (χ3n) is 6.29. The molecule has 1 fully saturated rings. The lowest BCUT2D eigenvalue weighted by molar-refractivity contribution is -0.143. The number of hydrogen-bond donors (Lipinski definition) is 1. The van der Waals surface area contributed by atoms with Gasteiger partial charge in [0.15, 0.2) is 0 Å². The van der Waals surface area contributed by atoms with Crippen molar-refractivity contribution in [2.24, 2.45) is 0 Å². The second-order valence-electron chi connectivity index (χ2n) is 8.91. The summed E-state index contributed by atoms with van der Waals surface area (Å²) < 4.78 is 27.8. The van der Waals surface area contributed by atoms with Gasteiger partial charge in [-0.25, -0.2) is 8.78 Å². The number of rotatable bonds is 4. The van der Waals surface area contributed by atoms with Gasteiger partial charge in [0.1, 0.15) is 17.7 Å². The minimum atomic E-state index is -1.31. The SMILES string of the molecule is CC(C(=O)N1[C@H](c2cc(F)cc(F)c2)CC[C@@H]1C(C)(C)O)N1C(=O)c2ccccc2C1=O. The predicted octanol–water partition coefficient (Wildman–Crippen LogP) is 3.45. The van der Waals surface area contributed by atoms with Crippen LogP contribution in [0.3, 0.4) is 0 Å². The molecule has 2 aliphatic rings. The minimum absolute atomic E-state index is 0.223. The molecular weight excluding hydrogens is 418 g/mol. The number of carbonyl (C=O) groups excluding carboxylic acids is 3. The van der Waals surface area contributed by atoms with Crippen molar-refractivity contribution in [1.82, 2.24) is 9.80 Å². The van der Waals surface area contributed by atoms with Crippen molar-refractivity contribution in [3.05, 3.63) is 70.8 Å². The lowest BCUT2D eigenvalue weighted by atomic mass is 9.96. The van der Waals surface area contributed by atoms with Gasteiger partial charge >= 0.3 is 0 Å². The second-order valence-corrected chi connectivity index (χ2v) is 8.91. The molecule has 2 heterocycles. The number of aliphatic hydroxyl groups is 1. The first-order valence-electron chi connectivity index (χ1n) is 10.5. The smallest absolute Gasteiger partial charge is 0.262 e. The standard InChI is InChI=1S/C24H24F2N2O4/c1-13(27-22(30)17-6-4-5-7-18(17)23(27)31)21(29)28-19(8-9-20(28)24(2,3)32)14-10-15(25)12-16(26)11-14/h4-7,10-13,19-20,32H,8-9H2,1-3H3/t13?,19-,20+/m0/s1. The first kappa shape index (κ1) is 22.1. The fourth-order valence-electron chi connectivity index (χ4n) is 4.79. The highest BCUT2D eigenvalue weighted by atomic mass is 19.1. The molecule has 2 aliphatic heterocycles. The van der Waals surface area contributed by atoms with Crippen molar-refractivity contribution >= 4 is 17.7 Å². The first-order chi connectivity index (χ1) is 15.0. The number of nitrogens with zero attached hydrogens (tertiary/aromatic N) is 2. The topological polar surface area (TPSA) is 77.9 Å². The Labute approximate surface area is 184 Å². The van der Waals surface area contributed by atoms with Crippen LogP contribution in [0.2, 0.25) is 0 Å². The highest BCUT2D eigenvalue weighted by Gasteiger charge is 2.49. The maximum atomic E-state index is 13.9. The molecule has 0 saturated carbocycles. The molecule has 0 aliphatic carbocycles. The van der Waals surface area contributed by atoms with Gasteiger partial charge in [-0.3, -0.25) is 19.3 Å². The molecule has 32 heavy (non-hydrogen) atoms. The van der Waals surface area contributed by atoms with E-state index in [4.69, 9.17) is 0 Å². The Morgan fingerprint density at radius 3 is 2.06 bits per heavy atom. The lowest BCUT2D eigenvalue weighted by Crippen LogP contribution is -2.55. The Bertz CT molecular complexity index is 1060. The van der Waals surface area contributed by atoms with Crippen molar-refractivity contribution in [3.63, 3.8) is 0 Å². The second kappa shape index (κ2) is 7.78. The molecule has 0 radical (unpaired) electrons. The van der Waals surface area contributed by atoms with E-state index in [1.807, 2.05) is 0 Å². The van der Waals surface area contributed by atoms with Gasteiger partial charge in [-0.1, -0.05) is 12.1 Å². The molecule has 4 rings (SSSR count). The fourth-order valence-corrected chi connectivity index (χ4v) is 4.79. The van der Waals surface area contributed by atoms with Crippen LogP contribution in [0.25, 0.3) is 0 Å². The van der Waals surface area contributed by atoms with E-state index in [2.05, 4.69) is 0 Å². The van der Waals surface area contributed by atoms with Gasteiger partial charge in [0.2, 0.25) is 5.91 Å². The van der Waals surface area contributed by atoms with Crippen LogP contribution >= 0.6 is 0 Å². The van der Waals surface area contributed by atoms with Gasteiger partial charge in [-0.15, -0.1) is 0 Å². The summed E-state index contributed by atoms with van der Waals surface area (Å²) in [6, 6.07) is 6.87. The molecule has 1 saturated heterocycles. The molecular formula is C24H24F2N2O4. The van der Waals surface area contributed by atoms with Crippen molar-refractivity contribution in [2.75, 3.05) is 0 Å². The van der Waals surface area contributed by atoms with Crippen LogP contribution in [0.5, 0.6) is 0 Å². The normalized spacial score (nSPS) is 21.8. The summed E-state index contributed by atoms with van der Waals surface area (Å²) in [6.07, 6.45) is 0.769. The van der Waals surface area contributed by atoms with Gasteiger partial charge in [-0.05, 0) is 63.4 Å². The number of amides is 3. The summed E-state index contributed by atoms with van der Waals surface area (Å²) in [5, 5.41) is 10.7. The summed E-state index contributed by atoms with van der Waals surface area (Å²) in [5.74, 6) is -3.25. The van der Waals surface area contributed by atoms with Crippen LogP contribution in [0.1, 0.15) is 65.9 Å². The van der Waals surface area contributed by atoms with Crippen LogP contribution in [0.15, 0.2) is 42.5 Å². The van der Waals surface area contributed by atoms with E-state index in [0.717, 1.165) is 23.1 Å². The van der Waals surface area contributed by atoms with E-state index in [9.17, 15) is 28.3 Å². The molecule has 3 amide bonds. The Morgan fingerprint density at radius 2 is 1.56 bits per heavy atom. The average molecular weight is 442 g/mol. The quantitative estimate of drug-likeness (QED) is 0.736.